The van der Waals surface area contributed by atoms with Gasteiger partial charge in [0, 0.05) is 12.1 Å². The van der Waals surface area contributed by atoms with Gasteiger partial charge in [-0.25, -0.2) is 4.98 Å². The molecule has 2 heterocycles. The van der Waals surface area contributed by atoms with Crippen molar-refractivity contribution in [1.82, 2.24) is 9.97 Å². The summed E-state index contributed by atoms with van der Waals surface area (Å²) < 4.78 is 11.1. The highest BCUT2D eigenvalue weighted by Gasteiger charge is 2.16. The molecule has 1 atom stereocenters. The predicted molar refractivity (Wildman–Crippen MR) is 73.5 cm³/mol. The van der Waals surface area contributed by atoms with Gasteiger partial charge in [0.2, 0.25) is 0 Å². The van der Waals surface area contributed by atoms with Crippen molar-refractivity contribution in [3.05, 3.63) is 18.0 Å². The van der Waals surface area contributed by atoms with E-state index in [2.05, 4.69) is 16.9 Å². The number of ether oxygens (including phenoxy) is 2. The lowest BCUT2D eigenvalue weighted by molar-refractivity contribution is 0.172. The molecule has 0 bridgehead atoms. The molecule has 1 aromatic heterocycles. The number of nitrogens with one attached hydrogen (secondary N) is 1. The second-order valence-electron chi connectivity index (χ2n) is 4.88. The first-order valence-corrected chi connectivity index (χ1v) is 6.82. The van der Waals surface area contributed by atoms with E-state index in [1.54, 1.807) is 0 Å². The van der Waals surface area contributed by atoms with Crippen molar-refractivity contribution in [1.29, 1.82) is 0 Å². The van der Waals surface area contributed by atoms with E-state index >= 15 is 0 Å². The van der Waals surface area contributed by atoms with Crippen LogP contribution in [-0.2, 0) is 0 Å². The molecule has 0 aliphatic carbocycles. The maximum absolute atomic E-state index is 6.14. The fraction of sp³-hybridized carbons (Fsp3) is 0.500. The molecule has 1 unspecified atom stereocenters. The van der Waals surface area contributed by atoms with Crippen LogP contribution in [-0.4, -0.2) is 23.2 Å². The molecule has 2 aromatic rings. The van der Waals surface area contributed by atoms with Gasteiger partial charge in [-0.05, 0) is 6.42 Å². The molecule has 0 fully saturated rings. The first-order valence-electron chi connectivity index (χ1n) is 6.82. The van der Waals surface area contributed by atoms with Gasteiger partial charge < -0.3 is 20.2 Å². The highest BCUT2D eigenvalue weighted by molar-refractivity contribution is 5.80. The lowest BCUT2D eigenvalue weighted by Gasteiger charge is -2.17. The van der Waals surface area contributed by atoms with Gasteiger partial charge in [0.25, 0.3) is 0 Å². The molecule has 0 radical (unpaired) electrons. The predicted octanol–water partition coefficient (Wildman–Crippen LogP) is 2.52. The van der Waals surface area contributed by atoms with Gasteiger partial charge in [0.1, 0.15) is 19.0 Å². The zero-order valence-electron chi connectivity index (χ0n) is 11.1. The Morgan fingerprint density at radius 3 is 2.79 bits per heavy atom. The minimum Gasteiger partial charge on any atom is -0.486 e. The third-order valence-electron chi connectivity index (χ3n) is 3.38. The Hall–Kier alpha value is -1.75. The van der Waals surface area contributed by atoms with E-state index in [4.69, 9.17) is 15.2 Å². The van der Waals surface area contributed by atoms with Gasteiger partial charge in [-0.15, -0.1) is 0 Å². The number of H-pyrrole nitrogens is 1. The van der Waals surface area contributed by atoms with Gasteiger partial charge in [0.15, 0.2) is 11.5 Å². The third kappa shape index (κ3) is 2.38. The summed E-state index contributed by atoms with van der Waals surface area (Å²) >= 11 is 0. The molecule has 3 rings (SSSR count). The summed E-state index contributed by atoms with van der Waals surface area (Å²) in [6.07, 6.45) is 3.20. The summed E-state index contributed by atoms with van der Waals surface area (Å²) in [6, 6.07) is 3.81. The number of aromatic amines is 1. The average Bonchev–Trinajstić information content (AvgIpc) is 2.85. The van der Waals surface area contributed by atoms with E-state index in [1.165, 1.54) is 0 Å². The van der Waals surface area contributed by atoms with Crippen LogP contribution in [0.1, 0.15) is 38.1 Å². The fourth-order valence-corrected chi connectivity index (χ4v) is 2.30. The van der Waals surface area contributed by atoms with Crippen molar-refractivity contribution in [2.24, 2.45) is 5.73 Å². The number of fused-ring (bicyclic) bond motifs is 2. The normalized spacial score (nSPS) is 15.7. The van der Waals surface area contributed by atoms with E-state index in [-0.39, 0.29) is 6.04 Å². The molecule has 0 spiro atoms. The Kier molecular flexibility index (Phi) is 3.29. The summed E-state index contributed by atoms with van der Waals surface area (Å²) in [7, 11) is 0. The summed E-state index contributed by atoms with van der Waals surface area (Å²) in [6.45, 7) is 3.34. The number of hydrogen-bond acceptors (Lipinski definition) is 4. The molecule has 0 saturated heterocycles. The number of aromatic nitrogens is 2. The molecule has 102 valence electrons. The average molecular weight is 261 g/mol. The summed E-state index contributed by atoms with van der Waals surface area (Å²) in [5.41, 5.74) is 7.97. The molecule has 3 N–H and O–H groups in total. The number of nitrogens with two attached hydrogens (primary N) is 1. The van der Waals surface area contributed by atoms with Gasteiger partial charge >= 0.3 is 0 Å². The number of benzene rings is 1. The second-order valence-corrected chi connectivity index (χ2v) is 4.88. The van der Waals surface area contributed by atoms with Gasteiger partial charge in [-0.2, -0.15) is 0 Å². The lowest BCUT2D eigenvalue weighted by atomic mass is 10.1. The number of imidazole rings is 1. The summed E-state index contributed by atoms with van der Waals surface area (Å²) in [5, 5.41) is 0. The van der Waals surface area contributed by atoms with Gasteiger partial charge in [0.05, 0.1) is 17.1 Å². The SMILES string of the molecule is CCCCC(N)c1nc2cc3c(cc2[nH]1)OCCO3. The first kappa shape index (κ1) is 12.3. The Morgan fingerprint density at radius 2 is 2.05 bits per heavy atom. The summed E-state index contributed by atoms with van der Waals surface area (Å²) in [4.78, 5) is 7.84. The van der Waals surface area contributed by atoms with E-state index in [0.29, 0.717) is 13.2 Å². The highest BCUT2D eigenvalue weighted by Crippen LogP contribution is 2.34. The molecule has 19 heavy (non-hydrogen) atoms. The number of nitrogens with zero attached hydrogens (tertiary/aromatic N) is 1. The molecule has 0 saturated carbocycles. The smallest absolute Gasteiger partial charge is 0.163 e. The fourth-order valence-electron chi connectivity index (χ4n) is 2.30. The van der Waals surface area contributed by atoms with Crippen LogP contribution in [0.5, 0.6) is 11.5 Å². The van der Waals surface area contributed by atoms with Gasteiger partial charge in [-0.3, -0.25) is 0 Å². The zero-order valence-corrected chi connectivity index (χ0v) is 11.1. The molecular weight excluding hydrogens is 242 g/mol. The topological polar surface area (TPSA) is 73.2 Å². The van der Waals surface area contributed by atoms with Crippen LogP contribution in [0.2, 0.25) is 0 Å². The third-order valence-corrected chi connectivity index (χ3v) is 3.38. The first-order chi connectivity index (χ1) is 9.28. The maximum atomic E-state index is 6.14. The monoisotopic (exact) mass is 261 g/mol. The summed E-state index contributed by atoms with van der Waals surface area (Å²) in [5.74, 6) is 2.38. The quantitative estimate of drug-likeness (QED) is 0.887. The molecular formula is C14H19N3O2. The molecule has 1 aliphatic rings. The van der Waals surface area contributed by atoms with E-state index < -0.39 is 0 Å². The Bertz CT molecular complexity index is 536. The molecule has 0 amide bonds. The largest absolute Gasteiger partial charge is 0.486 e. The molecule has 5 nitrogen and oxygen atoms in total. The van der Waals surface area contributed by atoms with Crippen LogP contribution in [0.3, 0.4) is 0 Å². The van der Waals surface area contributed by atoms with Crippen LogP contribution in [0, 0.1) is 0 Å². The Labute approximate surface area is 112 Å². The standard InChI is InChI=1S/C14H19N3O2/c1-2-3-4-9(15)14-16-10-7-12-13(8-11(10)17-14)19-6-5-18-12/h7-9H,2-6,15H2,1H3,(H,16,17). The van der Waals surface area contributed by atoms with E-state index in [0.717, 1.165) is 47.6 Å². The molecule has 5 heteroatoms. The maximum Gasteiger partial charge on any atom is 0.163 e. The minimum absolute atomic E-state index is 0.0359. The van der Waals surface area contributed by atoms with Gasteiger partial charge in [-0.1, -0.05) is 19.8 Å². The van der Waals surface area contributed by atoms with Crippen molar-refractivity contribution in [3.8, 4) is 11.5 Å². The van der Waals surface area contributed by atoms with E-state index in [1.807, 2.05) is 12.1 Å². The molecule has 1 aromatic carbocycles. The number of rotatable bonds is 4. The van der Waals surface area contributed by atoms with Crippen molar-refractivity contribution in [3.63, 3.8) is 0 Å². The highest BCUT2D eigenvalue weighted by atomic mass is 16.6. The van der Waals surface area contributed by atoms with Crippen molar-refractivity contribution in [2.75, 3.05) is 13.2 Å². The minimum atomic E-state index is -0.0359. The zero-order chi connectivity index (χ0) is 13.2. The molecule has 1 aliphatic heterocycles. The number of hydrogen-bond donors (Lipinski definition) is 2. The second kappa shape index (κ2) is 5.09. The van der Waals surface area contributed by atoms with Crippen LogP contribution >= 0.6 is 0 Å². The number of unbranched alkanes of at least 4 members (excludes halogenated alkanes) is 1. The van der Waals surface area contributed by atoms with Crippen LogP contribution in [0.15, 0.2) is 12.1 Å². The van der Waals surface area contributed by atoms with E-state index in [9.17, 15) is 0 Å². The van der Waals surface area contributed by atoms with Crippen molar-refractivity contribution >= 4 is 11.0 Å². The van der Waals surface area contributed by atoms with Crippen molar-refractivity contribution < 1.29 is 9.47 Å². The van der Waals surface area contributed by atoms with Crippen LogP contribution in [0.25, 0.3) is 11.0 Å². The lowest BCUT2D eigenvalue weighted by Crippen LogP contribution is -2.15. The van der Waals surface area contributed by atoms with Crippen LogP contribution in [0.4, 0.5) is 0 Å². The van der Waals surface area contributed by atoms with Crippen LogP contribution < -0.4 is 15.2 Å². The Morgan fingerprint density at radius 1 is 1.32 bits per heavy atom. The van der Waals surface area contributed by atoms with Crippen molar-refractivity contribution in [2.45, 2.75) is 32.2 Å². The Balaban J connectivity index is 1.92.